The van der Waals surface area contributed by atoms with Crippen molar-refractivity contribution in [2.24, 2.45) is 0 Å². The van der Waals surface area contributed by atoms with Gasteiger partial charge in [-0.1, -0.05) is 0 Å². The van der Waals surface area contributed by atoms with Gasteiger partial charge in [0, 0.05) is 25.8 Å². The van der Waals surface area contributed by atoms with Crippen LogP contribution in [0.4, 0.5) is 4.39 Å². The maximum Gasteiger partial charge on any atom is 0.166 e. The fourth-order valence-corrected chi connectivity index (χ4v) is 1.22. The summed E-state index contributed by atoms with van der Waals surface area (Å²) in [5, 5.41) is 0. The Morgan fingerprint density at radius 3 is 3.07 bits per heavy atom. The highest BCUT2D eigenvalue weighted by molar-refractivity contribution is 5.96. The van der Waals surface area contributed by atoms with Gasteiger partial charge in [0.2, 0.25) is 0 Å². The van der Waals surface area contributed by atoms with Gasteiger partial charge in [0.25, 0.3) is 0 Å². The topological polar surface area (TPSA) is 39.2 Å². The van der Waals surface area contributed by atoms with Gasteiger partial charge in [0.05, 0.1) is 11.8 Å². The predicted molar refractivity (Wildman–Crippen MR) is 54.3 cm³/mol. The summed E-state index contributed by atoms with van der Waals surface area (Å²) in [6.45, 7) is 3.07. The molecule has 0 aliphatic carbocycles. The van der Waals surface area contributed by atoms with Crippen LogP contribution in [0.1, 0.15) is 30.1 Å². The molecule has 4 heteroatoms. The molecule has 3 nitrogen and oxygen atoms in total. The number of hydrogen-bond donors (Lipinski definition) is 0. The largest absolute Gasteiger partial charge is 0.382 e. The Morgan fingerprint density at radius 2 is 2.40 bits per heavy atom. The lowest BCUT2D eigenvalue weighted by atomic mass is 10.1. The average molecular weight is 211 g/mol. The van der Waals surface area contributed by atoms with Crippen LogP contribution in [0.3, 0.4) is 0 Å². The van der Waals surface area contributed by atoms with Crippen LogP contribution >= 0.6 is 0 Å². The highest BCUT2D eigenvalue weighted by atomic mass is 19.1. The number of Topliss-reactive ketones (excluding diaryl/α,β-unsaturated/α-hetero) is 1. The molecule has 1 rings (SSSR count). The standard InChI is InChI=1S/C11H14FNO2/c1-2-15-7-3-4-11(14)9-5-6-13-8-10(9)12/h5-6,8H,2-4,7H2,1H3. The Hall–Kier alpha value is -1.29. The third-order valence-electron chi connectivity index (χ3n) is 1.97. The number of carbonyl (C=O) groups is 1. The molecular weight excluding hydrogens is 197 g/mol. The zero-order chi connectivity index (χ0) is 11.1. The molecule has 0 radical (unpaired) electrons. The van der Waals surface area contributed by atoms with E-state index in [-0.39, 0.29) is 11.3 Å². The summed E-state index contributed by atoms with van der Waals surface area (Å²) < 4.78 is 18.2. The van der Waals surface area contributed by atoms with E-state index in [0.29, 0.717) is 26.1 Å². The summed E-state index contributed by atoms with van der Waals surface area (Å²) in [7, 11) is 0. The first-order valence-electron chi connectivity index (χ1n) is 4.96. The lowest BCUT2D eigenvalue weighted by Crippen LogP contribution is -2.04. The van der Waals surface area contributed by atoms with Crippen LogP contribution in [0.25, 0.3) is 0 Å². The third kappa shape index (κ3) is 3.75. The monoisotopic (exact) mass is 211 g/mol. The first kappa shape index (κ1) is 11.8. The van der Waals surface area contributed by atoms with Crippen molar-refractivity contribution < 1.29 is 13.9 Å². The number of rotatable bonds is 6. The van der Waals surface area contributed by atoms with Crippen LogP contribution in [0.2, 0.25) is 0 Å². The number of nitrogens with zero attached hydrogens (tertiary/aromatic N) is 1. The Bertz CT molecular complexity index is 328. The fourth-order valence-electron chi connectivity index (χ4n) is 1.22. The van der Waals surface area contributed by atoms with Crippen molar-refractivity contribution in [3.8, 4) is 0 Å². The van der Waals surface area contributed by atoms with Crippen LogP contribution in [0, 0.1) is 5.82 Å². The third-order valence-corrected chi connectivity index (χ3v) is 1.97. The molecule has 0 aliphatic heterocycles. The summed E-state index contributed by atoms with van der Waals surface area (Å²) in [6.07, 6.45) is 3.39. The van der Waals surface area contributed by atoms with Crippen molar-refractivity contribution in [2.45, 2.75) is 19.8 Å². The first-order valence-corrected chi connectivity index (χ1v) is 4.96. The molecule has 0 aliphatic rings. The van der Waals surface area contributed by atoms with E-state index in [1.165, 1.54) is 12.3 Å². The molecule has 15 heavy (non-hydrogen) atoms. The van der Waals surface area contributed by atoms with Crippen molar-refractivity contribution in [1.29, 1.82) is 0 Å². The molecule has 0 fully saturated rings. The van der Waals surface area contributed by atoms with Crippen LogP contribution < -0.4 is 0 Å². The Morgan fingerprint density at radius 1 is 1.60 bits per heavy atom. The summed E-state index contributed by atoms with van der Waals surface area (Å²) in [4.78, 5) is 15.1. The van der Waals surface area contributed by atoms with Crippen molar-refractivity contribution in [2.75, 3.05) is 13.2 Å². The second-order valence-corrected chi connectivity index (χ2v) is 3.08. The zero-order valence-corrected chi connectivity index (χ0v) is 8.70. The molecule has 0 saturated heterocycles. The van der Waals surface area contributed by atoms with E-state index < -0.39 is 5.82 Å². The zero-order valence-electron chi connectivity index (χ0n) is 8.70. The van der Waals surface area contributed by atoms with E-state index in [2.05, 4.69) is 4.98 Å². The van der Waals surface area contributed by atoms with E-state index in [9.17, 15) is 9.18 Å². The average Bonchev–Trinajstić information content (AvgIpc) is 2.25. The number of hydrogen-bond acceptors (Lipinski definition) is 3. The first-order chi connectivity index (χ1) is 7.25. The summed E-state index contributed by atoms with van der Waals surface area (Å²) in [6, 6.07) is 1.40. The Kier molecular flexibility index (Phi) is 4.90. The summed E-state index contributed by atoms with van der Waals surface area (Å²) >= 11 is 0. The van der Waals surface area contributed by atoms with E-state index in [1.807, 2.05) is 6.92 Å². The molecule has 1 heterocycles. The van der Waals surface area contributed by atoms with Gasteiger partial charge < -0.3 is 4.74 Å². The molecule has 0 aromatic carbocycles. The molecule has 1 aromatic rings. The maximum atomic E-state index is 13.1. The number of carbonyl (C=O) groups excluding carboxylic acids is 1. The molecule has 0 spiro atoms. The molecule has 0 saturated carbocycles. The van der Waals surface area contributed by atoms with E-state index >= 15 is 0 Å². The molecule has 0 amide bonds. The highest BCUT2D eigenvalue weighted by Crippen LogP contribution is 2.08. The molecule has 0 bridgehead atoms. The van der Waals surface area contributed by atoms with Crippen molar-refractivity contribution >= 4 is 5.78 Å². The minimum absolute atomic E-state index is 0.112. The van der Waals surface area contributed by atoms with Gasteiger partial charge in [-0.15, -0.1) is 0 Å². The Balaban J connectivity index is 2.44. The lowest BCUT2D eigenvalue weighted by Gasteiger charge is -2.02. The van der Waals surface area contributed by atoms with Crippen molar-refractivity contribution in [3.05, 3.63) is 29.8 Å². The highest BCUT2D eigenvalue weighted by Gasteiger charge is 2.10. The smallest absolute Gasteiger partial charge is 0.166 e. The molecule has 0 unspecified atom stereocenters. The molecule has 0 N–H and O–H groups in total. The summed E-state index contributed by atoms with van der Waals surface area (Å²) in [5.74, 6) is -0.756. The lowest BCUT2D eigenvalue weighted by molar-refractivity contribution is 0.0943. The number of ketones is 1. The second-order valence-electron chi connectivity index (χ2n) is 3.08. The van der Waals surface area contributed by atoms with Gasteiger partial charge in [-0.05, 0) is 19.4 Å². The number of ether oxygens (including phenoxy) is 1. The van der Waals surface area contributed by atoms with Crippen LogP contribution in [-0.4, -0.2) is 24.0 Å². The van der Waals surface area contributed by atoms with Crippen LogP contribution in [0.5, 0.6) is 0 Å². The van der Waals surface area contributed by atoms with E-state index in [0.717, 1.165) is 6.20 Å². The summed E-state index contributed by atoms with van der Waals surface area (Å²) in [5.41, 5.74) is 0.112. The molecule has 82 valence electrons. The normalized spacial score (nSPS) is 10.3. The minimum atomic E-state index is -0.557. The van der Waals surface area contributed by atoms with Crippen molar-refractivity contribution in [1.82, 2.24) is 4.98 Å². The van der Waals surface area contributed by atoms with E-state index in [4.69, 9.17) is 4.74 Å². The number of pyridine rings is 1. The quantitative estimate of drug-likeness (QED) is 0.535. The number of halogens is 1. The molecule has 0 atom stereocenters. The predicted octanol–water partition coefficient (Wildman–Crippen LogP) is 2.22. The fraction of sp³-hybridized carbons (Fsp3) is 0.455. The van der Waals surface area contributed by atoms with Gasteiger partial charge in [0.15, 0.2) is 11.6 Å². The SMILES string of the molecule is CCOCCCC(=O)c1ccncc1F. The molecule has 1 aromatic heterocycles. The molecular formula is C11H14FNO2. The van der Waals surface area contributed by atoms with Gasteiger partial charge in [-0.2, -0.15) is 0 Å². The van der Waals surface area contributed by atoms with Crippen molar-refractivity contribution in [3.63, 3.8) is 0 Å². The van der Waals surface area contributed by atoms with E-state index in [1.54, 1.807) is 0 Å². The Labute approximate surface area is 88.3 Å². The van der Waals surface area contributed by atoms with Crippen LogP contribution in [0.15, 0.2) is 18.5 Å². The number of aromatic nitrogens is 1. The maximum absolute atomic E-state index is 13.1. The van der Waals surface area contributed by atoms with Gasteiger partial charge in [0.1, 0.15) is 0 Å². The minimum Gasteiger partial charge on any atom is -0.382 e. The van der Waals surface area contributed by atoms with Gasteiger partial charge >= 0.3 is 0 Å². The second kappa shape index (κ2) is 6.24. The van der Waals surface area contributed by atoms with Gasteiger partial charge in [-0.25, -0.2) is 4.39 Å². The van der Waals surface area contributed by atoms with Crippen LogP contribution in [-0.2, 0) is 4.74 Å². The van der Waals surface area contributed by atoms with Gasteiger partial charge in [-0.3, -0.25) is 9.78 Å².